The average molecular weight is 400 g/mol. The number of amides is 1. The van der Waals surface area contributed by atoms with Crippen LogP contribution in [0.4, 0.5) is 0 Å². The van der Waals surface area contributed by atoms with E-state index in [1.54, 1.807) is 12.0 Å². The number of H-pyrrole nitrogens is 1. The van der Waals surface area contributed by atoms with Crippen LogP contribution in [-0.4, -0.2) is 34.4 Å². The molecule has 0 unspecified atom stereocenters. The summed E-state index contributed by atoms with van der Waals surface area (Å²) in [6, 6.07) is 7.66. The van der Waals surface area contributed by atoms with Crippen molar-refractivity contribution in [2.24, 2.45) is 11.8 Å². The zero-order chi connectivity index (χ0) is 21.6. The molecule has 0 saturated carbocycles. The largest absolute Gasteiger partial charge is 0.497 e. The lowest BCUT2D eigenvalue weighted by atomic mass is 10.0. The Hall–Kier alpha value is -2.63. The van der Waals surface area contributed by atoms with Crippen LogP contribution in [0.2, 0.25) is 0 Å². The molecule has 6 nitrogen and oxygen atoms in total. The van der Waals surface area contributed by atoms with E-state index < -0.39 is 0 Å². The van der Waals surface area contributed by atoms with Crippen LogP contribution in [0.25, 0.3) is 0 Å². The molecule has 2 rings (SSSR count). The smallest absolute Gasteiger partial charge is 0.254 e. The van der Waals surface area contributed by atoms with Gasteiger partial charge in [-0.1, -0.05) is 39.8 Å². The van der Waals surface area contributed by atoms with E-state index in [4.69, 9.17) is 4.74 Å². The minimum absolute atomic E-state index is 0.0921. The SMILES string of the molecule is COc1cccc(Cc2c(C)nc(CN(CC(C)C)C(=O)CC(C)C)[nH]c2=O)c1. The number of aromatic nitrogens is 2. The Morgan fingerprint density at radius 3 is 2.52 bits per heavy atom. The Labute approximate surface area is 173 Å². The topological polar surface area (TPSA) is 75.3 Å². The molecule has 158 valence electrons. The maximum Gasteiger partial charge on any atom is 0.254 e. The van der Waals surface area contributed by atoms with Crippen molar-refractivity contribution in [2.75, 3.05) is 13.7 Å². The summed E-state index contributed by atoms with van der Waals surface area (Å²) in [5.74, 6) is 2.01. The molecule has 0 bridgehead atoms. The Bertz CT molecular complexity index is 887. The number of aryl methyl sites for hydroxylation is 1. The number of aromatic amines is 1. The molecular formula is C23H33N3O3. The molecule has 1 heterocycles. The summed E-state index contributed by atoms with van der Waals surface area (Å²) in [7, 11) is 1.62. The Morgan fingerprint density at radius 1 is 1.21 bits per heavy atom. The molecule has 29 heavy (non-hydrogen) atoms. The van der Waals surface area contributed by atoms with Gasteiger partial charge in [-0.2, -0.15) is 0 Å². The first-order valence-corrected chi connectivity index (χ1v) is 10.2. The highest BCUT2D eigenvalue weighted by Gasteiger charge is 2.19. The Kier molecular flexibility index (Phi) is 8.00. The summed E-state index contributed by atoms with van der Waals surface area (Å²) in [6.07, 6.45) is 0.970. The van der Waals surface area contributed by atoms with E-state index in [1.807, 2.05) is 45.0 Å². The van der Waals surface area contributed by atoms with Crippen LogP contribution in [-0.2, 0) is 17.8 Å². The number of carbonyl (C=O) groups excluding carboxylic acids is 1. The quantitative estimate of drug-likeness (QED) is 0.697. The molecule has 0 aliphatic rings. The second-order valence-electron chi connectivity index (χ2n) is 8.37. The number of benzene rings is 1. The molecule has 2 aromatic rings. The predicted molar refractivity (Wildman–Crippen MR) is 115 cm³/mol. The molecule has 1 aromatic heterocycles. The first-order valence-electron chi connectivity index (χ1n) is 10.2. The fraction of sp³-hybridized carbons (Fsp3) is 0.522. The lowest BCUT2D eigenvalue weighted by Crippen LogP contribution is -2.36. The highest BCUT2D eigenvalue weighted by Crippen LogP contribution is 2.16. The van der Waals surface area contributed by atoms with Gasteiger partial charge in [0.2, 0.25) is 5.91 Å². The highest BCUT2D eigenvalue weighted by atomic mass is 16.5. The predicted octanol–water partition coefficient (Wildman–Crippen LogP) is 3.71. The third-order valence-corrected chi connectivity index (χ3v) is 4.65. The maximum atomic E-state index is 12.7. The van der Waals surface area contributed by atoms with Crippen LogP contribution in [0.5, 0.6) is 5.75 Å². The van der Waals surface area contributed by atoms with Crippen molar-refractivity contribution in [3.8, 4) is 5.75 Å². The van der Waals surface area contributed by atoms with Crippen LogP contribution < -0.4 is 10.3 Å². The number of carbonyl (C=O) groups is 1. The zero-order valence-electron chi connectivity index (χ0n) is 18.4. The third kappa shape index (κ3) is 6.73. The first-order chi connectivity index (χ1) is 13.7. The number of ether oxygens (including phenoxy) is 1. The molecule has 0 aliphatic carbocycles. The van der Waals surface area contributed by atoms with Gasteiger partial charge in [0.1, 0.15) is 11.6 Å². The molecule has 1 aromatic carbocycles. The van der Waals surface area contributed by atoms with Crippen molar-refractivity contribution in [3.63, 3.8) is 0 Å². The zero-order valence-corrected chi connectivity index (χ0v) is 18.4. The minimum atomic E-state index is -0.156. The van der Waals surface area contributed by atoms with Crippen molar-refractivity contribution >= 4 is 5.91 Å². The van der Waals surface area contributed by atoms with Gasteiger partial charge in [-0.3, -0.25) is 9.59 Å². The summed E-state index contributed by atoms with van der Waals surface area (Å²) in [4.78, 5) is 34.6. The number of hydrogen-bond acceptors (Lipinski definition) is 4. The molecule has 0 aliphatic heterocycles. The number of rotatable bonds is 9. The fourth-order valence-corrected chi connectivity index (χ4v) is 3.29. The van der Waals surface area contributed by atoms with Crippen molar-refractivity contribution in [2.45, 2.75) is 54.0 Å². The van der Waals surface area contributed by atoms with Gasteiger partial charge in [-0.25, -0.2) is 4.98 Å². The van der Waals surface area contributed by atoms with Gasteiger partial charge in [-0.05, 0) is 36.5 Å². The average Bonchev–Trinajstić information content (AvgIpc) is 2.63. The molecule has 6 heteroatoms. The standard InChI is InChI=1S/C23H33N3O3/c1-15(2)10-22(27)26(13-16(3)4)14-21-24-17(5)20(23(28)25-21)12-18-8-7-9-19(11-18)29-6/h7-9,11,15-16H,10,12-14H2,1-6H3,(H,24,25,28). The van der Waals surface area contributed by atoms with Crippen LogP contribution >= 0.6 is 0 Å². The van der Waals surface area contributed by atoms with E-state index in [0.29, 0.717) is 48.9 Å². The van der Waals surface area contributed by atoms with Crippen molar-refractivity contribution in [3.05, 3.63) is 57.3 Å². The van der Waals surface area contributed by atoms with E-state index >= 15 is 0 Å². The number of nitrogens with one attached hydrogen (secondary N) is 1. The molecule has 0 spiro atoms. The van der Waals surface area contributed by atoms with Crippen molar-refractivity contribution < 1.29 is 9.53 Å². The number of hydrogen-bond donors (Lipinski definition) is 1. The van der Waals surface area contributed by atoms with Crippen LogP contribution in [0.1, 0.15) is 56.8 Å². The second-order valence-corrected chi connectivity index (χ2v) is 8.37. The Balaban J connectivity index is 2.24. The van der Waals surface area contributed by atoms with Crippen LogP contribution in [0.3, 0.4) is 0 Å². The third-order valence-electron chi connectivity index (χ3n) is 4.65. The Morgan fingerprint density at radius 2 is 1.93 bits per heavy atom. The molecule has 0 saturated heterocycles. The molecular weight excluding hydrogens is 366 g/mol. The normalized spacial score (nSPS) is 11.2. The van der Waals surface area contributed by atoms with E-state index in [2.05, 4.69) is 23.8 Å². The second kappa shape index (κ2) is 10.2. The maximum absolute atomic E-state index is 12.7. The summed E-state index contributed by atoms with van der Waals surface area (Å²) >= 11 is 0. The highest BCUT2D eigenvalue weighted by molar-refractivity contribution is 5.76. The van der Waals surface area contributed by atoms with Gasteiger partial charge in [0.15, 0.2) is 0 Å². The van der Waals surface area contributed by atoms with Gasteiger partial charge in [0.05, 0.1) is 13.7 Å². The summed E-state index contributed by atoms with van der Waals surface area (Å²) < 4.78 is 5.26. The van der Waals surface area contributed by atoms with Crippen molar-refractivity contribution in [1.82, 2.24) is 14.9 Å². The molecule has 0 fully saturated rings. The van der Waals surface area contributed by atoms with Gasteiger partial charge >= 0.3 is 0 Å². The number of nitrogens with zero attached hydrogens (tertiary/aromatic N) is 2. The summed E-state index contributed by atoms with van der Waals surface area (Å²) in [5.41, 5.74) is 2.15. The fourth-order valence-electron chi connectivity index (χ4n) is 3.29. The minimum Gasteiger partial charge on any atom is -0.497 e. The van der Waals surface area contributed by atoms with E-state index in [1.165, 1.54) is 0 Å². The van der Waals surface area contributed by atoms with Crippen LogP contribution in [0.15, 0.2) is 29.1 Å². The van der Waals surface area contributed by atoms with Crippen molar-refractivity contribution in [1.29, 1.82) is 0 Å². The molecule has 1 N–H and O–H groups in total. The van der Waals surface area contributed by atoms with Gasteiger partial charge in [0, 0.05) is 30.6 Å². The molecule has 0 atom stereocenters. The monoisotopic (exact) mass is 399 g/mol. The van der Waals surface area contributed by atoms with Crippen LogP contribution in [0, 0.1) is 18.8 Å². The number of methoxy groups -OCH3 is 1. The van der Waals surface area contributed by atoms with Gasteiger partial charge < -0.3 is 14.6 Å². The summed E-state index contributed by atoms with van der Waals surface area (Å²) in [6.45, 7) is 11.0. The lowest BCUT2D eigenvalue weighted by molar-refractivity contribution is -0.133. The molecule has 0 radical (unpaired) electrons. The van der Waals surface area contributed by atoms with Gasteiger partial charge in [0.25, 0.3) is 5.56 Å². The van der Waals surface area contributed by atoms with Gasteiger partial charge in [-0.15, -0.1) is 0 Å². The summed E-state index contributed by atoms with van der Waals surface area (Å²) in [5, 5.41) is 0. The lowest BCUT2D eigenvalue weighted by Gasteiger charge is -2.25. The van der Waals surface area contributed by atoms with E-state index in [0.717, 1.165) is 11.3 Å². The molecule has 1 amide bonds. The van der Waals surface area contributed by atoms with E-state index in [9.17, 15) is 9.59 Å². The van der Waals surface area contributed by atoms with E-state index in [-0.39, 0.29) is 17.4 Å². The first kappa shape index (κ1) is 22.7.